The molecule has 0 spiro atoms. The summed E-state index contributed by atoms with van der Waals surface area (Å²) in [7, 11) is 0. The molecule has 0 atom stereocenters. The van der Waals surface area contributed by atoms with Gasteiger partial charge in [-0.15, -0.1) is 0 Å². The first-order chi connectivity index (χ1) is 6.26. The highest BCUT2D eigenvalue weighted by Gasteiger charge is 2.20. The molecule has 0 saturated carbocycles. The monoisotopic (exact) mass is 199 g/mol. The van der Waals surface area contributed by atoms with Crippen LogP contribution in [0.5, 0.6) is 0 Å². The molecule has 0 aromatic rings. The van der Waals surface area contributed by atoms with E-state index >= 15 is 0 Å². The second kappa shape index (κ2) is 4.98. The van der Waals surface area contributed by atoms with Gasteiger partial charge in [0, 0.05) is 12.1 Å². The molecule has 0 aliphatic rings. The van der Waals surface area contributed by atoms with Crippen LogP contribution in [-0.2, 0) is 4.79 Å². The number of rotatable bonds is 3. The minimum atomic E-state index is -0.388. The third kappa shape index (κ3) is 5.56. The Morgan fingerprint density at radius 1 is 1.43 bits per heavy atom. The largest absolute Gasteiger partial charge is 0.333 e. The third-order valence-corrected chi connectivity index (χ3v) is 1.39. The van der Waals surface area contributed by atoms with Crippen molar-refractivity contribution in [1.82, 2.24) is 10.2 Å². The maximum Gasteiger partial charge on any atom is 0.324 e. The van der Waals surface area contributed by atoms with Gasteiger partial charge in [0.25, 0.3) is 0 Å². The molecule has 0 aliphatic carbocycles. The molecule has 0 rings (SSSR count). The second-order valence-electron chi connectivity index (χ2n) is 4.78. The number of nitrogens with one attached hydrogen (secondary N) is 1. The fraction of sp³-hybridized carbons (Fsp3) is 0.800. The molecule has 0 heterocycles. The normalized spacial score (nSPS) is 11.3. The Morgan fingerprint density at radius 3 is 2.21 bits per heavy atom. The zero-order chi connectivity index (χ0) is 11.4. The zero-order valence-corrected chi connectivity index (χ0v) is 9.55. The number of carbonyl (C=O) groups excluding carboxylic acids is 2. The molecule has 0 saturated heterocycles. The van der Waals surface area contributed by atoms with Gasteiger partial charge in [0.05, 0.1) is 0 Å². The van der Waals surface area contributed by atoms with E-state index in [1.165, 1.54) is 0 Å². The number of hydrogen-bond donors (Lipinski definition) is 1. The summed E-state index contributed by atoms with van der Waals surface area (Å²) in [6.07, 6.45) is 1.63. The van der Waals surface area contributed by atoms with Crippen LogP contribution < -0.4 is 5.32 Å². The minimum absolute atomic E-state index is 0.252. The number of amides is 3. The molecule has 14 heavy (non-hydrogen) atoms. The smallest absolute Gasteiger partial charge is 0.324 e. The van der Waals surface area contributed by atoms with Gasteiger partial charge >= 0.3 is 12.4 Å². The number of hydrogen-bond acceptors (Lipinski definition) is 2. The Morgan fingerprint density at radius 2 is 1.93 bits per heavy atom. The molecule has 0 aromatic heterocycles. The average molecular weight is 199 g/mol. The van der Waals surface area contributed by atoms with Crippen molar-refractivity contribution >= 4 is 12.4 Å². The van der Waals surface area contributed by atoms with Gasteiger partial charge in [-0.3, -0.25) is 9.69 Å². The number of imide groups is 1. The van der Waals surface area contributed by atoms with Crippen LogP contribution in [0.1, 0.15) is 34.6 Å². The van der Waals surface area contributed by atoms with E-state index in [4.69, 9.17) is 0 Å². The fourth-order valence-corrected chi connectivity index (χ4v) is 0.915. The van der Waals surface area contributed by atoms with Crippen LogP contribution in [0, 0.1) is 5.92 Å². The summed E-state index contributed by atoms with van der Waals surface area (Å²) in [5.74, 6) is 0.252. The Hall–Kier alpha value is -1.06. The van der Waals surface area contributed by atoms with E-state index in [9.17, 15) is 9.59 Å². The van der Waals surface area contributed by atoms with E-state index in [1.54, 1.807) is 6.41 Å². The van der Waals surface area contributed by atoms with Crippen molar-refractivity contribution < 1.29 is 9.59 Å². The Balaban J connectivity index is 4.25. The quantitative estimate of drug-likeness (QED) is 0.700. The van der Waals surface area contributed by atoms with E-state index in [1.807, 2.05) is 34.6 Å². The van der Waals surface area contributed by atoms with Crippen molar-refractivity contribution in [2.24, 2.45) is 5.92 Å². The summed E-state index contributed by atoms with van der Waals surface area (Å²) in [5, 5.41) is 2.70. The predicted molar refractivity (Wildman–Crippen MR) is 55.5 cm³/mol. The molecule has 3 amide bonds. The van der Waals surface area contributed by atoms with Crippen molar-refractivity contribution in [1.29, 1.82) is 0 Å². The van der Waals surface area contributed by atoms with Crippen molar-refractivity contribution in [3.8, 4) is 0 Å². The molecule has 1 radical (unpaired) electrons. The fourth-order valence-electron chi connectivity index (χ4n) is 0.915. The first-order valence-electron chi connectivity index (χ1n) is 4.73. The number of nitrogens with zero attached hydrogens (tertiary/aromatic N) is 1. The lowest BCUT2D eigenvalue weighted by atomic mass is 10.1. The van der Waals surface area contributed by atoms with E-state index in [-0.39, 0.29) is 17.5 Å². The number of urea groups is 1. The third-order valence-electron chi connectivity index (χ3n) is 1.39. The molecular formula is C10H19N2O2. The molecule has 81 valence electrons. The van der Waals surface area contributed by atoms with Crippen molar-refractivity contribution in [3.05, 3.63) is 0 Å². The first-order valence-corrected chi connectivity index (χ1v) is 4.73. The molecule has 0 unspecified atom stereocenters. The van der Waals surface area contributed by atoms with Crippen LogP contribution in [0.3, 0.4) is 0 Å². The molecule has 4 nitrogen and oxygen atoms in total. The molecule has 0 aromatic carbocycles. The molecule has 1 N–H and O–H groups in total. The summed E-state index contributed by atoms with van der Waals surface area (Å²) in [5.41, 5.74) is -0.330. The standard InChI is InChI=1S/C10H19N2O2/c1-8(2)6-12(7-13)9(14)11-10(3,4)5/h8H,6H2,1-5H3,(H,11,14). The van der Waals surface area contributed by atoms with Crippen LogP contribution in [0.4, 0.5) is 4.79 Å². The highest BCUT2D eigenvalue weighted by atomic mass is 16.2. The maximum absolute atomic E-state index is 11.5. The minimum Gasteiger partial charge on any atom is -0.333 e. The Labute approximate surface area is 85.7 Å². The van der Waals surface area contributed by atoms with E-state index in [0.717, 1.165) is 4.90 Å². The van der Waals surface area contributed by atoms with E-state index in [2.05, 4.69) is 5.32 Å². The SMILES string of the molecule is CC(C)CN([C]=O)C(=O)NC(C)(C)C. The van der Waals surface area contributed by atoms with E-state index in [0.29, 0.717) is 6.54 Å². The molecule has 4 heteroatoms. The van der Waals surface area contributed by atoms with Crippen molar-refractivity contribution in [2.45, 2.75) is 40.2 Å². The molecule has 0 bridgehead atoms. The average Bonchev–Trinajstić information content (AvgIpc) is 1.96. The van der Waals surface area contributed by atoms with Crippen LogP contribution in [0.2, 0.25) is 0 Å². The molecule has 0 aliphatic heterocycles. The van der Waals surface area contributed by atoms with Gasteiger partial charge in [-0.25, -0.2) is 4.79 Å². The Bertz CT molecular complexity index is 207. The van der Waals surface area contributed by atoms with Gasteiger partial charge < -0.3 is 5.32 Å². The summed E-state index contributed by atoms with van der Waals surface area (Å²) in [6.45, 7) is 9.87. The highest BCUT2D eigenvalue weighted by molar-refractivity contribution is 5.85. The van der Waals surface area contributed by atoms with E-state index < -0.39 is 0 Å². The lowest BCUT2D eigenvalue weighted by Crippen LogP contribution is -2.48. The van der Waals surface area contributed by atoms with Gasteiger partial charge in [0.15, 0.2) is 0 Å². The van der Waals surface area contributed by atoms with Gasteiger partial charge in [-0.1, -0.05) is 13.8 Å². The summed E-state index contributed by atoms with van der Waals surface area (Å²) >= 11 is 0. The predicted octanol–water partition coefficient (Wildman–Crippen LogP) is 1.52. The van der Waals surface area contributed by atoms with Crippen molar-refractivity contribution in [2.75, 3.05) is 6.54 Å². The number of carbonyl (C=O) groups is 1. The van der Waals surface area contributed by atoms with Crippen LogP contribution in [0.15, 0.2) is 0 Å². The molecule has 0 fully saturated rings. The van der Waals surface area contributed by atoms with Gasteiger partial charge in [-0.05, 0) is 26.7 Å². The summed E-state index contributed by atoms with van der Waals surface area (Å²) in [4.78, 5) is 23.0. The zero-order valence-electron chi connectivity index (χ0n) is 9.55. The van der Waals surface area contributed by atoms with Crippen LogP contribution >= 0.6 is 0 Å². The van der Waals surface area contributed by atoms with Gasteiger partial charge in [-0.2, -0.15) is 0 Å². The summed E-state index contributed by atoms with van der Waals surface area (Å²) < 4.78 is 0. The first kappa shape index (κ1) is 12.9. The topological polar surface area (TPSA) is 49.4 Å². The lowest BCUT2D eigenvalue weighted by molar-refractivity contribution is 0.205. The van der Waals surface area contributed by atoms with Gasteiger partial charge in [0.2, 0.25) is 0 Å². The maximum atomic E-state index is 11.5. The van der Waals surface area contributed by atoms with Crippen LogP contribution in [0.25, 0.3) is 0 Å². The second-order valence-corrected chi connectivity index (χ2v) is 4.78. The van der Waals surface area contributed by atoms with Gasteiger partial charge in [0.1, 0.15) is 0 Å². The van der Waals surface area contributed by atoms with Crippen molar-refractivity contribution in [3.63, 3.8) is 0 Å². The Kier molecular flexibility index (Phi) is 4.60. The highest BCUT2D eigenvalue weighted by Crippen LogP contribution is 2.02. The lowest BCUT2D eigenvalue weighted by Gasteiger charge is -2.25. The summed E-state index contributed by atoms with van der Waals surface area (Å²) in [6, 6.07) is -0.388. The van der Waals surface area contributed by atoms with Crippen LogP contribution in [-0.4, -0.2) is 29.4 Å². The molecular weight excluding hydrogens is 180 g/mol.